The number of carbonyl (C=O) groups excluding carboxylic acids is 1. The zero-order valence-corrected chi connectivity index (χ0v) is 20.8. The minimum absolute atomic E-state index is 0. The fraction of sp³-hybridized carbons (Fsp3) is 0.652. The van der Waals surface area contributed by atoms with Crippen molar-refractivity contribution < 1.29 is 9.53 Å². The number of hydrogen-bond donors (Lipinski definition) is 2. The number of halogens is 1. The van der Waals surface area contributed by atoms with E-state index in [2.05, 4.69) is 41.8 Å². The van der Waals surface area contributed by atoms with E-state index in [0.717, 1.165) is 58.0 Å². The lowest BCUT2D eigenvalue weighted by Crippen LogP contribution is -2.45. The number of nitrogens with one attached hydrogen (secondary N) is 2. The van der Waals surface area contributed by atoms with E-state index in [-0.39, 0.29) is 47.9 Å². The third-order valence-electron chi connectivity index (χ3n) is 5.74. The molecule has 3 unspecified atom stereocenters. The van der Waals surface area contributed by atoms with Gasteiger partial charge in [0.1, 0.15) is 0 Å². The Morgan fingerprint density at radius 3 is 2.73 bits per heavy atom. The van der Waals surface area contributed by atoms with Gasteiger partial charge in [-0.1, -0.05) is 44.2 Å². The van der Waals surface area contributed by atoms with Crippen molar-refractivity contribution in [2.75, 3.05) is 32.8 Å². The highest BCUT2D eigenvalue weighted by Gasteiger charge is 2.29. The van der Waals surface area contributed by atoms with Crippen LogP contribution >= 0.6 is 24.0 Å². The summed E-state index contributed by atoms with van der Waals surface area (Å²) in [5, 5.41) is 6.90. The minimum Gasteiger partial charge on any atom is -0.373 e. The quantitative estimate of drug-likeness (QED) is 0.337. The predicted molar refractivity (Wildman–Crippen MR) is 132 cm³/mol. The van der Waals surface area contributed by atoms with Crippen LogP contribution in [0.5, 0.6) is 0 Å². The van der Waals surface area contributed by atoms with Crippen molar-refractivity contribution in [3.05, 3.63) is 35.9 Å². The second kappa shape index (κ2) is 12.5. The summed E-state index contributed by atoms with van der Waals surface area (Å²) in [6.07, 6.45) is 3.29. The monoisotopic (exact) mass is 528 g/mol. The molecular formula is C23H37IN4O2. The fourth-order valence-corrected chi connectivity index (χ4v) is 4.21. The first-order valence-corrected chi connectivity index (χ1v) is 11.1. The number of aliphatic imine (C=N–C) groups is 1. The zero-order chi connectivity index (χ0) is 20.6. The highest BCUT2D eigenvalue weighted by atomic mass is 127. The van der Waals surface area contributed by atoms with Crippen LogP contribution in [0.3, 0.4) is 0 Å². The third-order valence-corrected chi connectivity index (χ3v) is 5.74. The Kier molecular flexibility index (Phi) is 10.4. The van der Waals surface area contributed by atoms with Crippen LogP contribution in [-0.4, -0.2) is 55.6 Å². The first-order chi connectivity index (χ1) is 14.1. The molecule has 2 N–H and O–H groups in total. The van der Waals surface area contributed by atoms with Gasteiger partial charge in [-0.2, -0.15) is 0 Å². The second-order valence-corrected chi connectivity index (χ2v) is 8.39. The predicted octanol–water partition coefficient (Wildman–Crippen LogP) is 3.58. The van der Waals surface area contributed by atoms with Crippen LogP contribution in [-0.2, 0) is 9.53 Å². The Morgan fingerprint density at radius 2 is 2.03 bits per heavy atom. The molecule has 3 atom stereocenters. The van der Waals surface area contributed by atoms with Crippen molar-refractivity contribution in [1.29, 1.82) is 0 Å². The topological polar surface area (TPSA) is 66.0 Å². The van der Waals surface area contributed by atoms with Gasteiger partial charge in [0, 0.05) is 50.7 Å². The Morgan fingerprint density at radius 1 is 1.27 bits per heavy atom. The number of nitrogens with zero attached hydrogens (tertiary/aromatic N) is 2. The van der Waals surface area contributed by atoms with E-state index in [4.69, 9.17) is 9.73 Å². The average molecular weight is 528 g/mol. The molecule has 1 aromatic rings. The summed E-state index contributed by atoms with van der Waals surface area (Å²) in [5.41, 5.74) is 1.24. The largest absolute Gasteiger partial charge is 0.373 e. The second-order valence-electron chi connectivity index (χ2n) is 8.39. The van der Waals surface area contributed by atoms with Crippen LogP contribution < -0.4 is 10.6 Å². The summed E-state index contributed by atoms with van der Waals surface area (Å²) in [7, 11) is 0. The zero-order valence-electron chi connectivity index (χ0n) is 18.5. The number of ether oxygens (including phenoxy) is 1. The molecule has 2 heterocycles. The maximum atomic E-state index is 12.2. The van der Waals surface area contributed by atoms with Gasteiger partial charge in [-0.15, -0.1) is 24.0 Å². The van der Waals surface area contributed by atoms with E-state index in [9.17, 15) is 4.79 Å². The van der Waals surface area contributed by atoms with Gasteiger partial charge < -0.3 is 20.3 Å². The molecular weight excluding hydrogens is 491 g/mol. The SMILES string of the molecule is CCNC(=NCC1CCCOC1c1ccccc1)NC1CCN(C(=O)C(C)C)C1.I. The standard InChI is InChI=1S/C23H36N4O2.HI/c1-4-24-23(26-20-12-13-27(16-20)22(28)17(2)3)25-15-19-11-8-14-29-21(19)18-9-6-5-7-10-18;/h5-7,9-10,17,19-21H,4,8,11-16H2,1-3H3,(H2,24,25,26);1H. The molecule has 7 heteroatoms. The number of hydrogen-bond acceptors (Lipinski definition) is 3. The van der Waals surface area contributed by atoms with Gasteiger partial charge in [0.2, 0.25) is 5.91 Å². The van der Waals surface area contributed by atoms with E-state index < -0.39 is 0 Å². The van der Waals surface area contributed by atoms with Crippen molar-refractivity contribution in [2.24, 2.45) is 16.8 Å². The summed E-state index contributed by atoms with van der Waals surface area (Å²) in [4.78, 5) is 19.1. The van der Waals surface area contributed by atoms with Crippen LogP contribution in [0.15, 0.2) is 35.3 Å². The molecule has 168 valence electrons. The van der Waals surface area contributed by atoms with Crippen molar-refractivity contribution in [3.8, 4) is 0 Å². The summed E-state index contributed by atoms with van der Waals surface area (Å²) in [6.45, 7) is 9.94. The average Bonchev–Trinajstić information content (AvgIpc) is 3.21. The maximum Gasteiger partial charge on any atom is 0.225 e. The molecule has 3 rings (SSSR count). The number of likely N-dealkylation sites (tertiary alicyclic amines) is 1. The lowest BCUT2D eigenvalue weighted by molar-refractivity contribution is -0.133. The van der Waals surface area contributed by atoms with Gasteiger partial charge in [0.25, 0.3) is 0 Å². The molecule has 2 saturated heterocycles. The minimum atomic E-state index is 0. The molecule has 0 spiro atoms. The van der Waals surface area contributed by atoms with E-state index in [1.807, 2.05) is 24.8 Å². The van der Waals surface area contributed by atoms with E-state index in [0.29, 0.717) is 5.92 Å². The molecule has 1 aromatic carbocycles. The van der Waals surface area contributed by atoms with Gasteiger partial charge in [-0.05, 0) is 31.7 Å². The van der Waals surface area contributed by atoms with Gasteiger partial charge in [-0.3, -0.25) is 9.79 Å². The molecule has 1 amide bonds. The van der Waals surface area contributed by atoms with Crippen molar-refractivity contribution in [3.63, 3.8) is 0 Å². The number of benzene rings is 1. The Hall–Kier alpha value is -1.35. The van der Waals surface area contributed by atoms with Crippen molar-refractivity contribution in [2.45, 2.75) is 52.2 Å². The first-order valence-electron chi connectivity index (χ1n) is 11.1. The van der Waals surface area contributed by atoms with E-state index >= 15 is 0 Å². The van der Waals surface area contributed by atoms with Crippen LogP contribution in [0.1, 0.15) is 51.7 Å². The van der Waals surface area contributed by atoms with E-state index in [1.54, 1.807) is 0 Å². The van der Waals surface area contributed by atoms with Gasteiger partial charge in [0.05, 0.1) is 6.10 Å². The highest BCUT2D eigenvalue weighted by Crippen LogP contribution is 2.33. The fourth-order valence-electron chi connectivity index (χ4n) is 4.21. The molecule has 6 nitrogen and oxygen atoms in total. The number of carbonyl (C=O) groups is 1. The van der Waals surface area contributed by atoms with Gasteiger partial charge in [0.15, 0.2) is 5.96 Å². The molecule has 0 saturated carbocycles. The van der Waals surface area contributed by atoms with Gasteiger partial charge in [-0.25, -0.2) is 0 Å². The van der Waals surface area contributed by atoms with Crippen LogP contribution in [0, 0.1) is 11.8 Å². The Bertz CT molecular complexity index is 683. The summed E-state index contributed by atoms with van der Waals surface area (Å²) < 4.78 is 6.11. The summed E-state index contributed by atoms with van der Waals surface area (Å²) in [5.74, 6) is 1.51. The Labute approximate surface area is 198 Å². The smallest absolute Gasteiger partial charge is 0.225 e. The molecule has 0 bridgehead atoms. The molecule has 2 aliphatic heterocycles. The molecule has 2 aliphatic rings. The summed E-state index contributed by atoms with van der Waals surface area (Å²) in [6, 6.07) is 10.7. The van der Waals surface area contributed by atoms with E-state index in [1.165, 1.54) is 5.56 Å². The number of amides is 1. The highest BCUT2D eigenvalue weighted by molar-refractivity contribution is 14.0. The third kappa shape index (κ3) is 6.83. The molecule has 0 aromatic heterocycles. The van der Waals surface area contributed by atoms with Gasteiger partial charge >= 0.3 is 0 Å². The van der Waals surface area contributed by atoms with Crippen molar-refractivity contribution in [1.82, 2.24) is 15.5 Å². The summed E-state index contributed by atoms with van der Waals surface area (Å²) >= 11 is 0. The van der Waals surface area contributed by atoms with Crippen LogP contribution in [0.4, 0.5) is 0 Å². The Balaban J connectivity index is 0.00000320. The van der Waals surface area contributed by atoms with Crippen LogP contribution in [0.2, 0.25) is 0 Å². The molecule has 0 radical (unpaired) electrons. The number of guanidine groups is 1. The molecule has 0 aliphatic carbocycles. The lowest BCUT2D eigenvalue weighted by Gasteiger charge is -2.31. The lowest BCUT2D eigenvalue weighted by atomic mass is 9.89. The first kappa shape index (κ1) is 24.9. The number of rotatable bonds is 6. The molecule has 30 heavy (non-hydrogen) atoms. The normalized spacial score (nSPS) is 24.5. The molecule has 2 fully saturated rings. The van der Waals surface area contributed by atoms with Crippen LogP contribution in [0.25, 0.3) is 0 Å². The van der Waals surface area contributed by atoms with Crippen molar-refractivity contribution >= 4 is 35.8 Å². The maximum absolute atomic E-state index is 12.2.